The Labute approximate surface area is 109 Å². The third-order valence-corrected chi connectivity index (χ3v) is 4.41. The summed E-state index contributed by atoms with van der Waals surface area (Å²) in [5, 5.41) is 6.28. The van der Waals surface area contributed by atoms with E-state index in [4.69, 9.17) is 0 Å². The van der Waals surface area contributed by atoms with E-state index in [1.165, 1.54) is 19.3 Å². The SMILES string of the molecule is CC1CCCCC1N[C@H](C=O)C[C@@H]1CCNC1=O. The minimum atomic E-state index is -0.163. The normalized spacial score (nSPS) is 34.1. The second-order valence-electron chi connectivity index (χ2n) is 5.79. The molecule has 0 aromatic rings. The Morgan fingerprint density at radius 2 is 2.17 bits per heavy atom. The van der Waals surface area contributed by atoms with Crippen molar-refractivity contribution < 1.29 is 9.59 Å². The Morgan fingerprint density at radius 3 is 2.78 bits per heavy atom. The number of nitrogens with one attached hydrogen (secondary N) is 2. The molecule has 2 fully saturated rings. The third-order valence-electron chi connectivity index (χ3n) is 4.41. The summed E-state index contributed by atoms with van der Waals surface area (Å²) >= 11 is 0. The first-order valence-electron chi connectivity index (χ1n) is 7.19. The summed E-state index contributed by atoms with van der Waals surface area (Å²) in [4.78, 5) is 22.7. The van der Waals surface area contributed by atoms with Crippen LogP contribution in [-0.2, 0) is 9.59 Å². The van der Waals surface area contributed by atoms with Gasteiger partial charge in [0, 0.05) is 18.5 Å². The van der Waals surface area contributed by atoms with Gasteiger partial charge in [-0.1, -0.05) is 19.8 Å². The maximum absolute atomic E-state index is 11.5. The van der Waals surface area contributed by atoms with Crippen LogP contribution >= 0.6 is 0 Å². The number of amides is 1. The van der Waals surface area contributed by atoms with Gasteiger partial charge < -0.3 is 15.4 Å². The maximum atomic E-state index is 11.5. The van der Waals surface area contributed by atoms with E-state index in [-0.39, 0.29) is 17.9 Å². The van der Waals surface area contributed by atoms with Crippen LogP contribution < -0.4 is 10.6 Å². The minimum absolute atomic E-state index is 0.0200. The summed E-state index contributed by atoms with van der Waals surface area (Å²) in [7, 11) is 0. The van der Waals surface area contributed by atoms with Crippen molar-refractivity contribution in [1.29, 1.82) is 0 Å². The molecule has 0 aromatic heterocycles. The van der Waals surface area contributed by atoms with Crippen LogP contribution in [0.1, 0.15) is 45.4 Å². The summed E-state index contributed by atoms with van der Waals surface area (Å²) < 4.78 is 0. The molecule has 4 nitrogen and oxygen atoms in total. The van der Waals surface area contributed by atoms with Gasteiger partial charge in [-0.25, -0.2) is 0 Å². The molecule has 1 heterocycles. The molecule has 4 heteroatoms. The predicted molar refractivity (Wildman–Crippen MR) is 70.1 cm³/mol. The highest BCUT2D eigenvalue weighted by Crippen LogP contribution is 2.25. The zero-order chi connectivity index (χ0) is 13.0. The highest BCUT2D eigenvalue weighted by Gasteiger charge is 2.29. The van der Waals surface area contributed by atoms with E-state index in [1.807, 2.05) is 0 Å². The molecule has 1 aliphatic heterocycles. The molecule has 18 heavy (non-hydrogen) atoms. The zero-order valence-electron chi connectivity index (χ0n) is 11.2. The number of hydrogen-bond acceptors (Lipinski definition) is 3. The maximum Gasteiger partial charge on any atom is 0.223 e. The van der Waals surface area contributed by atoms with Crippen molar-refractivity contribution in [3.63, 3.8) is 0 Å². The van der Waals surface area contributed by atoms with Crippen LogP contribution in [-0.4, -0.2) is 30.8 Å². The minimum Gasteiger partial charge on any atom is -0.356 e. The molecule has 1 saturated carbocycles. The van der Waals surface area contributed by atoms with Gasteiger partial charge in [0.05, 0.1) is 6.04 Å². The van der Waals surface area contributed by atoms with Gasteiger partial charge in [-0.05, 0) is 31.6 Å². The Morgan fingerprint density at radius 1 is 1.39 bits per heavy atom. The van der Waals surface area contributed by atoms with Crippen LogP contribution in [0.5, 0.6) is 0 Å². The van der Waals surface area contributed by atoms with Crippen LogP contribution in [0, 0.1) is 11.8 Å². The lowest BCUT2D eigenvalue weighted by Gasteiger charge is -2.32. The molecule has 4 atom stereocenters. The summed E-state index contributed by atoms with van der Waals surface area (Å²) in [5.41, 5.74) is 0. The molecule has 2 unspecified atom stereocenters. The van der Waals surface area contributed by atoms with Crippen LogP contribution in [0.15, 0.2) is 0 Å². The van der Waals surface area contributed by atoms with Crippen LogP contribution in [0.25, 0.3) is 0 Å². The van der Waals surface area contributed by atoms with E-state index >= 15 is 0 Å². The molecule has 1 saturated heterocycles. The zero-order valence-corrected chi connectivity index (χ0v) is 11.2. The number of rotatable bonds is 5. The summed E-state index contributed by atoms with van der Waals surface area (Å²) in [5.74, 6) is 0.769. The Hall–Kier alpha value is -0.900. The largest absolute Gasteiger partial charge is 0.356 e. The molecule has 1 amide bonds. The Kier molecular flexibility index (Phi) is 4.75. The lowest BCUT2D eigenvalue weighted by atomic mass is 9.85. The molecule has 2 aliphatic rings. The van der Waals surface area contributed by atoms with Crippen molar-refractivity contribution in [2.45, 2.75) is 57.5 Å². The fraction of sp³-hybridized carbons (Fsp3) is 0.857. The molecule has 0 aromatic carbocycles. The van der Waals surface area contributed by atoms with E-state index in [9.17, 15) is 9.59 Å². The van der Waals surface area contributed by atoms with Crippen molar-refractivity contribution in [3.05, 3.63) is 0 Å². The van der Waals surface area contributed by atoms with Crippen molar-refractivity contribution in [2.24, 2.45) is 11.8 Å². The average Bonchev–Trinajstić information content (AvgIpc) is 2.77. The van der Waals surface area contributed by atoms with Gasteiger partial charge in [0.2, 0.25) is 5.91 Å². The summed E-state index contributed by atoms with van der Waals surface area (Å²) in [6.07, 6.45) is 7.44. The molecule has 0 bridgehead atoms. The molecular weight excluding hydrogens is 228 g/mol. The third kappa shape index (κ3) is 3.31. The van der Waals surface area contributed by atoms with Crippen LogP contribution in [0.2, 0.25) is 0 Å². The van der Waals surface area contributed by atoms with E-state index in [0.717, 1.165) is 25.7 Å². The monoisotopic (exact) mass is 252 g/mol. The first-order chi connectivity index (χ1) is 8.70. The lowest BCUT2D eigenvalue weighted by Crippen LogP contribution is -2.45. The highest BCUT2D eigenvalue weighted by atomic mass is 16.2. The first-order valence-corrected chi connectivity index (χ1v) is 7.19. The van der Waals surface area contributed by atoms with Gasteiger partial charge in [-0.3, -0.25) is 4.79 Å². The van der Waals surface area contributed by atoms with Gasteiger partial charge in [0.25, 0.3) is 0 Å². The predicted octanol–water partition coefficient (Wildman–Crippen LogP) is 1.25. The second kappa shape index (κ2) is 6.32. The molecule has 0 spiro atoms. The highest BCUT2D eigenvalue weighted by molar-refractivity contribution is 5.81. The molecule has 1 aliphatic carbocycles. The molecule has 2 N–H and O–H groups in total. The van der Waals surface area contributed by atoms with E-state index in [2.05, 4.69) is 17.6 Å². The smallest absolute Gasteiger partial charge is 0.223 e. The summed E-state index contributed by atoms with van der Waals surface area (Å²) in [6, 6.07) is 0.280. The Balaban J connectivity index is 1.84. The van der Waals surface area contributed by atoms with E-state index < -0.39 is 0 Å². The van der Waals surface area contributed by atoms with Crippen molar-refractivity contribution in [2.75, 3.05) is 6.54 Å². The fourth-order valence-electron chi connectivity index (χ4n) is 3.18. The van der Waals surface area contributed by atoms with Crippen LogP contribution in [0.3, 0.4) is 0 Å². The topological polar surface area (TPSA) is 58.2 Å². The van der Waals surface area contributed by atoms with E-state index in [1.54, 1.807) is 0 Å². The molecule has 102 valence electrons. The second-order valence-corrected chi connectivity index (χ2v) is 5.79. The van der Waals surface area contributed by atoms with Crippen LogP contribution in [0.4, 0.5) is 0 Å². The quantitative estimate of drug-likeness (QED) is 0.724. The van der Waals surface area contributed by atoms with Gasteiger partial charge in [0.1, 0.15) is 6.29 Å². The van der Waals surface area contributed by atoms with Crippen molar-refractivity contribution in [3.8, 4) is 0 Å². The lowest BCUT2D eigenvalue weighted by molar-refractivity contribution is -0.123. The number of carbonyl (C=O) groups excluding carboxylic acids is 2. The average molecular weight is 252 g/mol. The fourth-order valence-corrected chi connectivity index (χ4v) is 3.18. The van der Waals surface area contributed by atoms with Crippen molar-refractivity contribution >= 4 is 12.2 Å². The van der Waals surface area contributed by atoms with Crippen molar-refractivity contribution in [1.82, 2.24) is 10.6 Å². The van der Waals surface area contributed by atoms with Gasteiger partial charge in [-0.15, -0.1) is 0 Å². The molecular formula is C14H24N2O2. The number of hydrogen-bond donors (Lipinski definition) is 2. The van der Waals surface area contributed by atoms with Gasteiger partial charge in [-0.2, -0.15) is 0 Å². The van der Waals surface area contributed by atoms with Gasteiger partial charge in [0.15, 0.2) is 0 Å². The first kappa shape index (κ1) is 13.5. The molecule has 2 rings (SSSR count). The standard InChI is InChI=1S/C14H24N2O2/c1-10-4-2-3-5-13(10)16-12(9-17)8-11-6-7-15-14(11)18/h9-13,16H,2-8H2,1H3,(H,15,18)/t10?,11-,12-,13?/m0/s1. The summed E-state index contributed by atoms with van der Waals surface area (Å²) in [6.45, 7) is 3.01. The van der Waals surface area contributed by atoms with Gasteiger partial charge >= 0.3 is 0 Å². The molecule has 0 radical (unpaired) electrons. The Bertz CT molecular complexity index is 306. The number of aldehydes is 1. The van der Waals surface area contributed by atoms with E-state index in [0.29, 0.717) is 18.4 Å². The number of carbonyl (C=O) groups is 2.